The van der Waals surface area contributed by atoms with Crippen molar-refractivity contribution < 1.29 is 14.3 Å². The van der Waals surface area contributed by atoms with Crippen LogP contribution in [0.1, 0.15) is 27.0 Å². The van der Waals surface area contributed by atoms with Crippen LogP contribution in [0.25, 0.3) is 6.08 Å². The van der Waals surface area contributed by atoms with E-state index in [0.29, 0.717) is 28.7 Å². The van der Waals surface area contributed by atoms with Gasteiger partial charge in [0.25, 0.3) is 5.91 Å². The van der Waals surface area contributed by atoms with Crippen LogP contribution in [0.4, 0.5) is 0 Å². The summed E-state index contributed by atoms with van der Waals surface area (Å²) in [7, 11) is 1.35. The number of benzene rings is 3. The molecule has 1 aliphatic rings. The van der Waals surface area contributed by atoms with Gasteiger partial charge in [0.15, 0.2) is 5.17 Å². The maximum absolute atomic E-state index is 13.2. The topological polar surface area (TPSA) is 59.0 Å². The van der Waals surface area contributed by atoms with Gasteiger partial charge in [0.1, 0.15) is 0 Å². The Morgan fingerprint density at radius 2 is 1.56 bits per heavy atom. The number of esters is 1. The minimum atomic E-state index is -0.389. The molecule has 6 heteroatoms. The smallest absolute Gasteiger partial charge is 0.337 e. The molecule has 1 aliphatic heterocycles. The van der Waals surface area contributed by atoms with E-state index in [9.17, 15) is 9.59 Å². The number of thioether (sulfide) groups is 1. The van der Waals surface area contributed by atoms with Gasteiger partial charge in [-0.05, 0) is 46.7 Å². The molecule has 5 nitrogen and oxygen atoms in total. The summed E-state index contributed by atoms with van der Waals surface area (Å²) < 4.78 is 4.74. The van der Waals surface area contributed by atoms with Crippen molar-refractivity contribution in [3.05, 3.63) is 112 Å². The molecule has 1 saturated heterocycles. The van der Waals surface area contributed by atoms with Crippen LogP contribution in [0.15, 0.2) is 94.8 Å². The standard InChI is InChI=1S/C26H22N2O3S/c1-31-25(30)22-14-12-19(13-15-22)16-23-24(29)28(18-21-10-6-3-7-11-21)26(32-23)27-17-20-8-4-2-5-9-20/h2-16H,17-18H2,1H3/b23-16-,27-26?. The number of hydrogen-bond donors (Lipinski definition) is 0. The van der Waals surface area contributed by atoms with Crippen molar-refractivity contribution in [2.45, 2.75) is 13.1 Å². The molecule has 0 N–H and O–H groups in total. The minimum absolute atomic E-state index is 0.0808. The highest BCUT2D eigenvalue weighted by Gasteiger charge is 2.33. The van der Waals surface area contributed by atoms with E-state index >= 15 is 0 Å². The van der Waals surface area contributed by atoms with E-state index in [-0.39, 0.29) is 11.9 Å². The highest BCUT2D eigenvalue weighted by atomic mass is 32.2. The molecule has 0 aliphatic carbocycles. The lowest BCUT2D eigenvalue weighted by molar-refractivity contribution is -0.122. The van der Waals surface area contributed by atoms with Crippen molar-refractivity contribution in [2.75, 3.05) is 7.11 Å². The van der Waals surface area contributed by atoms with Crippen LogP contribution in [0.5, 0.6) is 0 Å². The van der Waals surface area contributed by atoms with Gasteiger partial charge in [0.05, 0.1) is 30.7 Å². The third-order valence-corrected chi connectivity index (χ3v) is 5.99. The van der Waals surface area contributed by atoms with Gasteiger partial charge in [-0.2, -0.15) is 0 Å². The molecule has 3 aromatic carbocycles. The largest absolute Gasteiger partial charge is 0.465 e. The van der Waals surface area contributed by atoms with Gasteiger partial charge in [-0.3, -0.25) is 14.7 Å². The first-order valence-electron chi connectivity index (χ1n) is 10.2. The Kier molecular flexibility index (Phi) is 6.82. The van der Waals surface area contributed by atoms with Crippen LogP contribution in [-0.2, 0) is 22.6 Å². The fraction of sp³-hybridized carbons (Fsp3) is 0.115. The minimum Gasteiger partial charge on any atom is -0.465 e. The number of carbonyl (C=O) groups excluding carboxylic acids is 2. The highest BCUT2D eigenvalue weighted by molar-refractivity contribution is 8.18. The molecule has 160 valence electrons. The Morgan fingerprint density at radius 3 is 2.19 bits per heavy atom. The number of rotatable bonds is 6. The van der Waals surface area contributed by atoms with E-state index in [1.807, 2.05) is 66.7 Å². The molecule has 0 spiro atoms. The van der Waals surface area contributed by atoms with E-state index in [1.165, 1.54) is 18.9 Å². The number of amides is 1. The molecule has 0 radical (unpaired) electrons. The lowest BCUT2D eigenvalue weighted by Gasteiger charge is -2.15. The second-order valence-electron chi connectivity index (χ2n) is 7.19. The molecule has 0 aromatic heterocycles. The predicted octanol–water partition coefficient (Wildman–Crippen LogP) is 5.15. The Labute approximate surface area is 191 Å². The third-order valence-electron chi connectivity index (χ3n) is 4.94. The van der Waals surface area contributed by atoms with Crippen molar-refractivity contribution >= 4 is 34.9 Å². The lowest BCUT2D eigenvalue weighted by atomic mass is 10.1. The van der Waals surface area contributed by atoms with E-state index in [4.69, 9.17) is 9.73 Å². The Hall–Kier alpha value is -3.64. The lowest BCUT2D eigenvalue weighted by Crippen LogP contribution is -2.28. The molecule has 1 heterocycles. The predicted molar refractivity (Wildman–Crippen MR) is 128 cm³/mol. The quantitative estimate of drug-likeness (QED) is 0.392. The van der Waals surface area contributed by atoms with Crippen LogP contribution >= 0.6 is 11.8 Å². The van der Waals surface area contributed by atoms with E-state index in [2.05, 4.69) is 0 Å². The van der Waals surface area contributed by atoms with Crippen LogP contribution in [0, 0.1) is 0 Å². The zero-order valence-electron chi connectivity index (χ0n) is 17.6. The first kappa shape index (κ1) is 21.6. The maximum atomic E-state index is 13.2. The number of carbonyl (C=O) groups is 2. The van der Waals surface area contributed by atoms with Crippen LogP contribution in [0.2, 0.25) is 0 Å². The van der Waals surface area contributed by atoms with Gasteiger partial charge in [0, 0.05) is 0 Å². The average Bonchev–Trinajstić information content (AvgIpc) is 3.13. The molecule has 0 unspecified atom stereocenters. The van der Waals surface area contributed by atoms with Crippen molar-refractivity contribution in [2.24, 2.45) is 4.99 Å². The first-order valence-corrected chi connectivity index (χ1v) is 11.0. The van der Waals surface area contributed by atoms with Gasteiger partial charge >= 0.3 is 5.97 Å². The highest BCUT2D eigenvalue weighted by Crippen LogP contribution is 2.34. The molecule has 0 bridgehead atoms. The van der Waals surface area contributed by atoms with Crippen molar-refractivity contribution in [1.82, 2.24) is 4.90 Å². The summed E-state index contributed by atoms with van der Waals surface area (Å²) in [5, 5.41) is 0.681. The van der Waals surface area contributed by atoms with Gasteiger partial charge in [-0.15, -0.1) is 0 Å². The molecule has 1 fully saturated rings. The van der Waals surface area contributed by atoms with Crippen LogP contribution in [0.3, 0.4) is 0 Å². The van der Waals surface area contributed by atoms with Gasteiger partial charge in [0.2, 0.25) is 0 Å². The first-order chi connectivity index (χ1) is 15.6. The zero-order chi connectivity index (χ0) is 22.3. The average molecular weight is 443 g/mol. The second-order valence-corrected chi connectivity index (χ2v) is 8.19. The molecular formula is C26H22N2O3S. The fourth-order valence-corrected chi connectivity index (χ4v) is 4.23. The van der Waals surface area contributed by atoms with Gasteiger partial charge in [-0.25, -0.2) is 4.79 Å². The molecule has 1 amide bonds. The van der Waals surface area contributed by atoms with Crippen molar-refractivity contribution in [1.29, 1.82) is 0 Å². The molecule has 0 atom stereocenters. The fourth-order valence-electron chi connectivity index (χ4n) is 3.26. The van der Waals surface area contributed by atoms with Crippen LogP contribution < -0.4 is 0 Å². The van der Waals surface area contributed by atoms with E-state index < -0.39 is 0 Å². The van der Waals surface area contributed by atoms with Crippen molar-refractivity contribution in [3.63, 3.8) is 0 Å². The zero-order valence-corrected chi connectivity index (χ0v) is 18.4. The summed E-state index contributed by atoms with van der Waals surface area (Å²) in [6.07, 6.45) is 1.83. The normalized spacial score (nSPS) is 16.0. The Bertz CT molecular complexity index is 1160. The van der Waals surface area contributed by atoms with Gasteiger partial charge < -0.3 is 4.74 Å². The second kappa shape index (κ2) is 10.1. The Morgan fingerprint density at radius 1 is 0.938 bits per heavy atom. The number of methoxy groups -OCH3 is 1. The summed E-state index contributed by atoms with van der Waals surface area (Å²) in [5.74, 6) is -0.470. The molecule has 4 rings (SSSR count). The molecule has 0 saturated carbocycles. The number of hydrogen-bond acceptors (Lipinski definition) is 5. The monoisotopic (exact) mass is 442 g/mol. The molecular weight excluding hydrogens is 420 g/mol. The summed E-state index contributed by atoms with van der Waals surface area (Å²) in [6, 6.07) is 26.8. The summed E-state index contributed by atoms with van der Waals surface area (Å²) in [6.45, 7) is 0.960. The van der Waals surface area contributed by atoms with Crippen LogP contribution in [-0.4, -0.2) is 29.1 Å². The molecule has 32 heavy (non-hydrogen) atoms. The number of aliphatic imine (C=N–C) groups is 1. The summed E-state index contributed by atoms with van der Waals surface area (Å²) in [5.41, 5.74) is 3.43. The molecule has 3 aromatic rings. The number of amidine groups is 1. The maximum Gasteiger partial charge on any atom is 0.337 e. The number of ether oxygens (including phenoxy) is 1. The summed E-state index contributed by atoms with van der Waals surface area (Å²) in [4.78, 5) is 32.0. The summed E-state index contributed by atoms with van der Waals surface area (Å²) >= 11 is 1.37. The van der Waals surface area contributed by atoms with E-state index in [0.717, 1.165) is 16.7 Å². The van der Waals surface area contributed by atoms with Crippen molar-refractivity contribution in [3.8, 4) is 0 Å². The van der Waals surface area contributed by atoms with E-state index in [1.54, 1.807) is 29.2 Å². The SMILES string of the molecule is COC(=O)c1ccc(/C=C2\SC(=NCc3ccccc3)N(Cc3ccccc3)C2=O)cc1. The number of nitrogens with zero attached hydrogens (tertiary/aromatic N) is 2. The Balaban J connectivity index is 1.60. The van der Waals surface area contributed by atoms with Gasteiger partial charge in [-0.1, -0.05) is 72.8 Å². The third kappa shape index (κ3) is 5.15.